The standard InChI is InChI=1S/C13H12N2O3S2/c16-13(17)8-7-19-12(15-8)9-4-5-11(18-9)20-10-3-1-2-6-14-10/h1-6,8,12,15H,7H2,(H,16,17)/t8-,12-/m0/s1. The summed E-state index contributed by atoms with van der Waals surface area (Å²) in [5, 5.41) is 13.5. The lowest BCUT2D eigenvalue weighted by molar-refractivity contribution is -0.138. The normalized spacial score (nSPS) is 22.0. The fraction of sp³-hybridized carbons (Fsp3) is 0.231. The molecule has 0 unspecified atom stereocenters. The lowest BCUT2D eigenvalue weighted by atomic mass is 10.3. The number of nitrogens with one attached hydrogen (secondary N) is 1. The highest BCUT2D eigenvalue weighted by Gasteiger charge is 2.32. The number of carbonyl (C=O) groups is 1. The van der Waals surface area contributed by atoms with Gasteiger partial charge in [-0.15, -0.1) is 11.8 Å². The van der Waals surface area contributed by atoms with E-state index in [1.807, 2.05) is 30.3 Å². The quantitative estimate of drug-likeness (QED) is 0.899. The molecule has 2 N–H and O–H groups in total. The molecule has 2 aromatic heterocycles. The number of carboxylic acids is 1. The number of aliphatic carboxylic acids is 1. The molecule has 0 radical (unpaired) electrons. The smallest absolute Gasteiger partial charge is 0.321 e. The molecule has 0 aromatic carbocycles. The van der Waals surface area contributed by atoms with Crippen LogP contribution in [0.2, 0.25) is 0 Å². The van der Waals surface area contributed by atoms with E-state index in [4.69, 9.17) is 9.52 Å². The molecule has 1 aliphatic heterocycles. The summed E-state index contributed by atoms with van der Waals surface area (Å²) in [6.07, 6.45) is 1.73. The lowest BCUT2D eigenvalue weighted by Crippen LogP contribution is -2.33. The second kappa shape index (κ2) is 5.90. The van der Waals surface area contributed by atoms with Gasteiger partial charge < -0.3 is 9.52 Å². The van der Waals surface area contributed by atoms with Crippen LogP contribution in [-0.4, -0.2) is 27.9 Å². The molecule has 1 saturated heterocycles. The van der Waals surface area contributed by atoms with Crippen LogP contribution in [0.3, 0.4) is 0 Å². The summed E-state index contributed by atoms with van der Waals surface area (Å²) in [5.74, 6) is 0.468. The molecule has 0 saturated carbocycles. The van der Waals surface area contributed by atoms with Crippen molar-refractivity contribution >= 4 is 29.5 Å². The number of carboxylic acid groups (broad SMARTS) is 1. The minimum absolute atomic E-state index is 0.103. The average molecular weight is 308 g/mol. The molecule has 5 nitrogen and oxygen atoms in total. The number of hydrogen-bond acceptors (Lipinski definition) is 6. The van der Waals surface area contributed by atoms with Gasteiger partial charge in [-0.3, -0.25) is 10.1 Å². The third-order valence-electron chi connectivity index (χ3n) is 2.78. The van der Waals surface area contributed by atoms with E-state index in [-0.39, 0.29) is 5.37 Å². The number of nitrogens with zero attached hydrogens (tertiary/aromatic N) is 1. The lowest BCUT2D eigenvalue weighted by Gasteiger charge is -2.07. The van der Waals surface area contributed by atoms with Crippen molar-refractivity contribution in [2.45, 2.75) is 21.5 Å². The van der Waals surface area contributed by atoms with E-state index >= 15 is 0 Å². The molecular weight excluding hydrogens is 296 g/mol. The number of pyridine rings is 1. The maximum absolute atomic E-state index is 10.9. The molecule has 3 heterocycles. The van der Waals surface area contributed by atoms with Crippen molar-refractivity contribution in [2.75, 3.05) is 5.75 Å². The summed E-state index contributed by atoms with van der Waals surface area (Å²) >= 11 is 2.98. The van der Waals surface area contributed by atoms with Gasteiger partial charge in [-0.05, 0) is 36.0 Å². The zero-order chi connectivity index (χ0) is 13.9. The van der Waals surface area contributed by atoms with E-state index in [1.54, 1.807) is 18.0 Å². The summed E-state index contributed by atoms with van der Waals surface area (Å²) in [5.41, 5.74) is 0. The number of aromatic nitrogens is 1. The van der Waals surface area contributed by atoms with Crippen LogP contribution in [0.5, 0.6) is 0 Å². The largest absolute Gasteiger partial charge is 0.480 e. The van der Waals surface area contributed by atoms with Crippen molar-refractivity contribution in [3.8, 4) is 0 Å². The van der Waals surface area contributed by atoms with Crippen molar-refractivity contribution in [3.05, 3.63) is 42.3 Å². The third-order valence-corrected chi connectivity index (χ3v) is 4.88. The Morgan fingerprint density at radius 2 is 2.35 bits per heavy atom. The summed E-state index contributed by atoms with van der Waals surface area (Å²) in [6.45, 7) is 0. The highest BCUT2D eigenvalue weighted by Crippen LogP contribution is 2.36. The molecule has 20 heavy (non-hydrogen) atoms. The van der Waals surface area contributed by atoms with Gasteiger partial charge in [-0.1, -0.05) is 6.07 Å². The Balaban J connectivity index is 1.67. The van der Waals surface area contributed by atoms with E-state index in [0.29, 0.717) is 5.75 Å². The Bertz CT molecular complexity index is 603. The predicted octanol–water partition coefficient (Wildman–Crippen LogP) is 2.61. The van der Waals surface area contributed by atoms with E-state index in [2.05, 4.69) is 10.3 Å². The predicted molar refractivity (Wildman–Crippen MR) is 76.8 cm³/mol. The monoisotopic (exact) mass is 308 g/mol. The molecule has 3 rings (SSSR count). The van der Waals surface area contributed by atoms with Gasteiger partial charge in [-0.2, -0.15) is 0 Å². The Kier molecular flexibility index (Phi) is 4.00. The minimum atomic E-state index is -0.824. The van der Waals surface area contributed by atoms with Crippen LogP contribution in [0.25, 0.3) is 0 Å². The molecule has 0 spiro atoms. The first-order valence-corrected chi connectivity index (χ1v) is 7.88. The average Bonchev–Trinajstić information content (AvgIpc) is 3.08. The van der Waals surface area contributed by atoms with E-state index in [9.17, 15) is 4.79 Å². The molecule has 7 heteroatoms. The van der Waals surface area contributed by atoms with Crippen LogP contribution in [0.4, 0.5) is 0 Å². The SMILES string of the molecule is O=C(O)[C@@H]1CS[C@@H](c2ccc(Sc3ccccn3)o2)N1. The molecule has 0 bridgehead atoms. The summed E-state index contributed by atoms with van der Waals surface area (Å²) in [4.78, 5) is 15.1. The van der Waals surface area contributed by atoms with Gasteiger partial charge in [0.2, 0.25) is 0 Å². The van der Waals surface area contributed by atoms with Crippen LogP contribution in [0.1, 0.15) is 11.1 Å². The van der Waals surface area contributed by atoms with E-state index in [0.717, 1.165) is 15.9 Å². The fourth-order valence-electron chi connectivity index (χ4n) is 1.82. The van der Waals surface area contributed by atoms with E-state index in [1.165, 1.54) is 11.8 Å². The molecule has 1 fully saturated rings. The van der Waals surface area contributed by atoms with Gasteiger partial charge >= 0.3 is 5.97 Å². The van der Waals surface area contributed by atoms with Crippen LogP contribution in [0, 0.1) is 0 Å². The number of rotatable bonds is 4. The number of furan rings is 1. The van der Waals surface area contributed by atoms with Crippen LogP contribution in [0.15, 0.2) is 51.1 Å². The maximum Gasteiger partial charge on any atom is 0.321 e. The minimum Gasteiger partial charge on any atom is -0.480 e. The van der Waals surface area contributed by atoms with Crippen LogP contribution >= 0.6 is 23.5 Å². The van der Waals surface area contributed by atoms with Crippen LogP contribution in [-0.2, 0) is 4.79 Å². The summed E-state index contributed by atoms with van der Waals surface area (Å²) in [7, 11) is 0. The zero-order valence-electron chi connectivity index (χ0n) is 10.4. The maximum atomic E-state index is 10.9. The second-order valence-corrected chi connectivity index (χ2v) is 6.36. The Labute approximate surface area is 124 Å². The molecule has 2 atom stereocenters. The number of thioether (sulfide) groups is 1. The Hall–Kier alpha value is -1.44. The van der Waals surface area contributed by atoms with Gasteiger partial charge in [0.1, 0.15) is 22.2 Å². The van der Waals surface area contributed by atoms with E-state index < -0.39 is 12.0 Å². The molecule has 0 aliphatic carbocycles. The zero-order valence-corrected chi connectivity index (χ0v) is 12.0. The molecule has 0 amide bonds. The fourth-order valence-corrected chi connectivity index (χ4v) is 3.73. The molecular formula is C13H12N2O3S2. The van der Waals surface area contributed by atoms with Crippen molar-refractivity contribution in [1.82, 2.24) is 10.3 Å². The highest BCUT2D eigenvalue weighted by atomic mass is 32.2. The third kappa shape index (κ3) is 3.00. The Morgan fingerprint density at radius 1 is 1.45 bits per heavy atom. The first-order valence-electron chi connectivity index (χ1n) is 6.01. The Morgan fingerprint density at radius 3 is 3.05 bits per heavy atom. The first kappa shape index (κ1) is 13.5. The summed E-state index contributed by atoms with van der Waals surface area (Å²) < 4.78 is 5.75. The van der Waals surface area contributed by atoms with Crippen molar-refractivity contribution in [2.24, 2.45) is 0 Å². The van der Waals surface area contributed by atoms with Crippen molar-refractivity contribution in [3.63, 3.8) is 0 Å². The van der Waals surface area contributed by atoms with Crippen molar-refractivity contribution in [1.29, 1.82) is 0 Å². The van der Waals surface area contributed by atoms with Gasteiger partial charge in [0.15, 0.2) is 5.09 Å². The first-order chi connectivity index (χ1) is 9.72. The number of hydrogen-bond donors (Lipinski definition) is 2. The second-order valence-electron chi connectivity index (χ2n) is 4.20. The summed E-state index contributed by atoms with van der Waals surface area (Å²) in [6, 6.07) is 8.94. The highest BCUT2D eigenvalue weighted by molar-refractivity contribution is 7.99. The van der Waals surface area contributed by atoms with Crippen LogP contribution < -0.4 is 5.32 Å². The molecule has 104 valence electrons. The topological polar surface area (TPSA) is 75.4 Å². The molecule has 2 aromatic rings. The van der Waals surface area contributed by atoms with Gasteiger partial charge in [0.25, 0.3) is 0 Å². The van der Waals surface area contributed by atoms with Gasteiger partial charge in [-0.25, -0.2) is 4.98 Å². The molecule has 1 aliphatic rings. The van der Waals surface area contributed by atoms with Crippen molar-refractivity contribution < 1.29 is 14.3 Å². The van der Waals surface area contributed by atoms with Gasteiger partial charge in [0, 0.05) is 11.9 Å². The van der Waals surface area contributed by atoms with Gasteiger partial charge in [0.05, 0.1) is 0 Å².